The fourth-order valence-electron chi connectivity index (χ4n) is 3.24. The Morgan fingerprint density at radius 1 is 0.938 bits per heavy atom. The number of thiocarbonyl (C=S) groups is 1. The minimum Gasteiger partial charge on any atom is -0.457 e. The number of benzene rings is 2. The van der Waals surface area contributed by atoms with E-state index >= 15 is 0 Å². The lowest BCUT2D eigenvalue weighted by Gasteiger charge is -2.36. The Bertz CT molecular complexity index is 1110. The molecular formula is C22H20N4O4S2. The number of nitrogens with zero attached hydrogens (tertiary/aromatic N) is 3. The molecule has 1 aliphatic rings. The summed E-state index contributed by atoms with van der Waals surface area (Å²) in [5, 5.41) is 14.6. The van der Waals surface area contributed by atoms with Gasteiger partial charge in [-0.05, 0) is 54.7 Å². The van der Waals surface area contributed by atoms with Crippen molar-refractivity contribution in [1.29, 1.82) is 0 Å². The van der Waals surface area contributed by atoms with Gasteiger partial charge in [0.1, 0.15) is 11.5 Å². The second-order valence-corrected chi connectivity index (χ2v) is 8.49. The van der Waals surface area contributed by atoms with Crippen LogP contribution in [0, 0.1) is 10.1 Å². The zero-order valence-electron chi connectivity index (χ0n) is 17.0. The molecule has 10 heteroatoms. The van der Waals surface area contributed by atoms with Crippen LogP contribution in [-0.4, -0.2) is 51.9 Å². The molecule has 4 rings (SSSR count). The summed E-state index contributed by atoms with van der Waals surface area (Å²) >= 11 is 6.43. The lowest BCUT2D eigenvalue weighted by Crippen LogP contribution is -2.51. The van der Waals surface area contributed by atoms with Gasteiger partial charge in [0.25, 0.3) is 5.91 Å². The van der Waals surface area contributed by atoms with Gasteiger partial charge >= 0.3 is 5.00 Å². The standard InChI is InChI=1S/C22H20N4O4S2/c27-21(19-10-11-20(32-19)26(28)29)24-12-14-25(15-13-24)22(31)23-16-6-8-18(9-7-16)30-17-4-2-1-3-5-17/h1-11H,12-15H2,(H,23,31). The van der Waals surface area contributed by atoms with Crippen LogP contribution < -0.4 is 10.1 Å². The first-order valence-corrected chi connectivity index (χ1v) is 11.1. The van der Waals surface area contributed by atoms with Crippen LogP contribution in [0.1, 0.15) is 9.67 Å². The van der Waals surface area contributed by atoms with Gasteiger partial charge in [-0.2, -0.15) is 0 Å². The number of carbonyl (C=O) groups excluding carboxylic acids is 1. The summed E-state index contributed by atoms with van der Waals surface area (Å²) in [5.41, 5.74) is 0.847. The summed E-state index contributed by atoms with van der Waals surface area (Å²) in [7, 11) is 0. The number of hydrogen-bond donors (Lipinski definition) is 1. The Labute approximate surface area is 194 Å². The predicted molar refractivity (Wildman–Crippen MR) is 128 cm³/mol. The van der Waals surface area contributed by atoms with Crippen molar-refractivity contribution in [3.8, 4) is 11.5 Å². The molecule has 8 nitrogen and oxygen atoms in total. The first-order chi connectivity index (χ1) is 15.5. The topological polar surface area (TPSA) is 88.0 Å². The Morgan fingerprint density at radius 2 is 1.56 bits per heavy atom. The predicted octanol–water partition coefficient (Wildman–Crippen LogP) is 4.60. The van der Waals surface area contributed by atoms with Crippen molar-refractivity contribution in [2.45, 2.75) is 0 Å². The maximum Gasteiger partial charge on any atom is 0.324 e. The third-order valence-corrected chi connectivity index (χ3v) is 6.31. The summed E-state index contributed by atoms with van der Waals surface area (Å²) in [6, 6.07) is 20.0. The van der Waals surface area contributed by atoms with E-state index in [1.165, 1.54) is 12.1 Å². The summed E-state index contributed by atoms with van der Waals surface area (Å²) in [4.78, 5) is 27.0. The third kappa shape index (κ3) is 5.21. The maximum atomic E-state index is 12.6. The summed E-state index contributed by atoms with van der Waals surface area (Å²) in [6.45, 7) is 2.16. The van der Waals surface area contributed by atoms with Crippen LogP contribution in [0.5, 0.6) is 11.5 Å². The minimum atomic E-state index is -0.482. The maximum absolute atomic E-state index is 12.6. The van der Waals surface area contributed by atoms with E-state index in [2.05, 4.69) is 5.32 Å². The number of nitro groups is 1. The van der Waals surface area contributed by atoms with Crippen LogP contribution in [0.2, 0.25) is 0 Å². The highest BCUT2D eigenvalue weighted by Gasteiger charge is 2.25. The zero-order valence-corrected chi connectivity index (χ0v) is 18.6. The van der Waals surface area contributed by atoms with Gasteiger partial charge < -0.3 is 19.9 Å². The molecule has 0 unspecified atom stereocenters. The molecule has 1 fully saturated rings. The highest BCUT2D eigenvalue weighted by atomic mass is 32.1. The van der Waals surface area contributed by atoms with Crippen molar-refractivity contribution in [1.82, 2.24) is 9.80 Å². The van der Waals surface area contributed by atoms with Crippen LogP contribution in [0.15, 0.2) is 66.7 Å². The van der Waals surface area contributed by atoms with Gasteiger partial charge in [-0.25, -0.2) is 0 Å². The second kappa shape index (κ2) is 9.75. The average molecular weight is 469 g/mol. The van der Waals surface area contributed by atoms with Gasteiger partial charge in [0, 0.05) is 37.9 Å². The van der Waals surface area contributed by atoms with Crippen LogP contribution in [-0.2, 0) is 0 Å². The molecular weight excluding hydrogens is 448 g/mol. The molecule has 0 spiro atoms. The molecule has 1 aliphatic heterocycles. The van der Waals surface area contributed by atoms with E-state index in [4.69, 9.17) is 17.0 Å². The van der Waals surface area contributed by atoms with E-state index in [0.717, 1.165) is 28.5 Å². The molecule has 2 aromatic carbocycles. The third-order valence-electron chi connectivity index (χ3n) is 4.92. The number of thiophene rings is 1. The molecule has 0 saturated carbocycles. The van der Waals surface area contributed by atoms with Crippen LogP contribution >= 0.6 is 23.6 Å². The summed E-state index contributed by atoms with van der Waals surface area (Å²) in [6.07, 6.45) is 0. The van der Waals surface area contributed by atoms with Gasteiger partial charge in [0.15, 0.2) is 5.11 Å². The van der Waals surface area contributed by atoms with E-state index in [9.17, 15) is 14.9 Å². The van der Waals surface area contributed by atoms with E-state index in [0.29, 0.717) is 36.2 Å². The van der Waals surface area contributed by atoms with Gasteiger partial charge in [-0.1, -0.05) is 29.5 Å². The van der Waals surface area contributed by atoms with E-state index in [1.54, 1.807) is 4.90 Å². The number of ether oxygens (including phenoxy) is 1. The highest BCUT2D eigenvalue weighted by Crippen LogP contribution is 2.26. The fraction of sp³-hybridized carbons (Fsp3) is 0.182. The van der Waals surface area contributed by atoms with Crippen LogP contribution in [0.3, 0.4) is 0 Å². The second-order valence-electron chi connectivity index (χ2n) is 7.04. The Balaban J connectivity index is 1.28. The molecule has 1 aromatic heterocycles. The van der Waals surface area contributed by atoms with Crippen LogP contribution in [0.25, 0.3) is 0 Å². The monoisotopic (exact) mass is 468 g/mol. The van der Waals surface area contributed by atoms with Crippen molar-refractivity contribution in [3.05, 3.63) is 81.7 Å². The first kappa shape index (κ1) is 21.7. The highest BCUT2D eigenvalue weighted by molar-refractivity contribution is 7.80. The Kier molecular flexibility index (Phi) is 6.62. The SMILES string of the molecule is O=C(c1ccc([N+](=O)[O-])s1)N1CCN(C(=S)Nc2ccc(Oc3ccccc3)cc2)CC1. The van der Waals surface area contributed by atoms with Crippen molar-refractivity contribution in [3.63, 3.8) is 0 Å². The number of piperazine rings is 1. The quantitative estimate of drug-likeness (QED) is 0.332. The number of nitrogens with one attached hydrogen (secondary N) is 1. The molecule has 32 heavy (non-hydrogen) atoms. The molecule has 0 aliphatic carbocycles. The zero-order chi connectivity index (χ0) is 22.5. The van der Waals surface area contributed by atoms with E-state index < -0.39 is 4.92 Å². The van der Waals surface area contributed by atoms with Crippen molar-refractivity contribution >= 4 is 45.3 Å². The number of para-hydroxylation sites is 1. The summed E-state index contributed by atoms with van der Waals surface area (Å²) < 4.78 is 5.79. The number of carbonyl (C=O) groups is 1. The average Bonchev–Trinajstić information content (AvgIpc) is 3.31. The fourth-order valence-corrected chi connectivity index (χ4v) is 4.33. The van der Waals surface area contributed by atoms with E-state index in [1.807, 2.05) is 59.5 Å². The summed E-state index contributed by atoms with van der Waals surface area (Å²) in [5.74, 6) is 1.32. The molecule has 0 bridgehead atoms. The van der Waals surface area contributed by atoms with Gasteiger partial charge in [-0.15, -0.1) is 0 Å². The molecule has 3 aromatic rings. The van der Waals surface area contributed by atoms with Crippen molar-refractivity contribution in [2.24, 2.45) is 0 Å². The Morgan fingerprint density at radius 3 is 2.19 bits per heavy atom. The van der Waals surface area contributed by atoms with Gasteiger partial charge in [0.05, 0.1) is 9.80 Å². The van der Waals surface area contributed by atoms with Crippen molar-refractivity contribution < 1.29 is 14.5 Å². The number of rotatable bonds is 5. The number of anilines is 1. The normalized spacial score (nSPS) is 13.5. The van der Waals surface area contributed by atoms with Gasteiger partial charge in [0.2, 0.25) is 0 Å². The molecule has 1 N–H and O–H groups in total. The van der Waals surface area contributed by atoms with Crippen molar-refractivity contribution in [2.75, 3.05) is 31.5 Å². The van der Waals surface area contributed by atoms with Gasteiger partial charge in [-0.3, -0.25) is 14.9 Å². The lowest BCUT2D eigenvalue weighted by molar-refractivity contribution is -0.380. The lowest BCUT2D eigenvalue weighted by atomic mass is 10.3. The molecule has 1 saturated heterocycles. The Hall–Kier alpha value is -3.50. The van der Waals surface area contributed by atoms with E-state index in [-0.39, 0.29) is 10.9 Å². The molecule has 0 radical (unpaired) electrons. The smallest absolute Gasteiger partial charge is 0.324 e. The molecule has 2 heterocycles. The van der Waals surface area contributed by atoms with Crippen LogP contribution in [0.4, 0.5) is 10.7 Å². The number of hydrogen-bond acceptors (Lipinski definition) is 6. The minimum absolute atomic E-state index is 0.0300. The molecule has 164 valence electrons. The molecule has 0 atom stereocenters. The number of amides is 1. The molecule has 1 amide bonds. The largest absolute Gasteiger partial charge is 0.457 e. The first-order valence-electron chi connectivity index (χ1n) is 9.92.